The van der Waals surface area contributed by atoms with E-state index in [1.807, 2.05) is 0 Å². The number of methoxy groups -OCH3 is 1. The summed E-state index contributed by atoms with van der Waals surface area (Å²) < 4.78 is 10.3. The van der Waals surface area contributed by atoms with Gasteiger partial charge in [0.15, 0.2) is 6.61 Å². The van der Waals surface area contributed by atoms with Gasteiger partial charge in [0.25, 0.3) is 5.91 Å². The van der Waals surface area contributed by atoms with Crippen molar-refractivity contribution in [3.8, 4) is 5.75 Å². The van der Waals surface area contributed by atoms with Crippen molar-refractivity contribution < 1.29 is 19.4 Å². The van der Waals surface area contributed by atoms with Gasteiger partial charge in [-0.2, -0.15) is 0 Å². The molecule has 1 heterocycles. The number of hydrogen-bond donors (Lipinski definition) is 1. The van der Waals surface area contributed by atoms with Crippen LogP contribution < -0.4 is 9.64 Å². The first-order valence-electron chi connectivity index (χ1n) is 4.92. The van der Waals surface area contributed by atoms with Gasteiger partial charge in [-0.15, -0.1) is 0 Å². The average molecular weight is 223 g/mol. The van der Waals surface area contributed by atoms with Crippen LogP contribution >= 0.6 is 0 Å². The van der Waals surface area contributed by atoms with Crippen molar-refractivity contribution in [3.05, 3.63) is 23.8 Å². The third kappa shape index (κ3) is 1.87. The fraction of sp³-hybridized carbons (Fsp3) is 0.364. The van der Waals surface area contributed by atoms with Gasteiger partial charge in [-0.05, 0) is 17.7 Å². The van der Waals surface area contributed by atoms with Crippen molar-refractivity contribution in [2.45, 2.75) is 6.61 Å². The zero-order valence-corrected chi connectivity index (χ0v) is 8.97. The molecule has 0 bridgehead atoms. The van der Waals surface area contributed by atoms with Crippen LogP contribution in [0, 0.1) is 0 Å². The minimum atomic E-state index is -0.133. The molecule has 0 aliphatic carbocycles. The summed E-state index contributed by atoms with van der Waals surface area (Å²) in [4.78, 5) is 13.1. The van der Waals surface area contributed by atoms with E-state index in [4.69, 9.17) is 14.6 Å². The van der Waals surface area contributed by atoms with E-state index >= 15 is 0 Å². The molecule has 86 valence electrons. The Bertz CT molecular complexity index is 405. The molecular formula is C11H13NO4. The van der Waals surface area contributed by atoms with Crippen molar-refractivity contribution >= 4 is 11.6 Å². The Morgan fingerprint density at radius 2 is 2.38 bits per heavy atom. The summed E-state index contributed by atoms with van der Waals surface area (Å²) in [6, 6.07) is 5.23. The molecule has 1 amide bonds. The second-order valence-electron chi connectivity index (χ2n) is 3.49. The highest BCUT2D eigenvalue weighted by Gasteiger charge is 2.25. The largest absolute Gasteiger partial charge is 0.482 e. The first-order valence-corrected chi connectivity index (χ1v) is 4.92. The molecule has 16 heavy (non-hydrogen) atoms. The van der Waals surface area contributed by atoms with Crippen LogP contribution in [0.15, 0.2) is 18.2 Å². The third-order valence-electron chi connectivity index (χ3n) is 2.41. The number of amides is 1. The van der Waals surface area contributed by atoms with Crippen molar-refractivity contribution in [1.29, 1.82) is 0 Å². The zero-order chi connectivity index (χ0) is 11.5. The number of anilines is 1. The summed E-state index contributed by atoms with van der Waals surface area (Å²) in [5.41, 5.74) is 1.43. The van der Waals surface area contributed by atoms with Gasteiger partial charge in [0.1, 0.15) is 12.5 Å². The van der Waals surface area contributed by atoms with Gasteiger partial charge in [-0.25, -0.2) is 0 Å². The van der Waals surface area contributed by atoms with Crippen LogP contribution in [0.3, 0.4) is 0 Å². The minimum absolute atomic E-state index is 0.00520. The summed E-state index contributed by atoms with van der Waals surface area (Å²) in [6.07, 6.45) is 0. The summed E-state index contributed by atoms with van der Waals surface area (Å²) >= 11 is 0. The molecule has 0 fully saturated rings. The molecule has 2 rings (SSSR count). The standard InChI is InChI=1S/C11H13NO4/c1-15-7-12-9-3-2-8(5-13)4-10(9)16-6-11(12)14/h2-4,13H,5-7H2,1H3. The van der Waals surface area contributed by atoms with E-state index in [0.29, 0.717) is 11.4 Å². The lowest BCUT2D eigenvalue weighted by molar-refractivity contribution is -0.122. The molecule has 1 aliphatic rings. The second-order valence-corrected chi connectivity index (χ2v) is 3.49. The van der Waals surface area contributed by atoms with Gasteiger partial charge in [0, 0.05) is 7.11 Å². The highest BCUT2D eigenvalue weighted by Crippen LogP contribution is 2.32. The molecule has 0 saturated heterocycles. The fourth-order valence-electron chi connectivity index (χ4n) is 1.62. The van der Waals surface area contributed by atoms with Crippen molar-refractivity contribution in [1.82, 2.24) is 0 Å². The number of aliphatic hydroxyl groups excluding tert-OH is 1. The Labute approximate surface area is 93.2 Å². The number of hydrogen-bond acceptors (Lipinski definition) is 4. The maximum Gasteiger partial charge on any atom is 0.266 e. The van der Waals surface area contributed by atoms with Gasteiger partial charge in [0.05, 0.1) is 12.3 Å². The second kappa shape index (κ2) is 4.51. The molecule has 0 saturated carbocycles. The quantitative estimate of drug-likeness (QED) is 0.811. The summed E-state index contributed by atoms with van der Waals surface area (Å²) in [7, 11) is 1.53. The van der Waals surface area contributed by atoms with Crippen LogP contribution in [0.25, 0.3) is 0 Å². The Morgan fingerprint density at radius 3 is 3.06 bits per heavy atom. The number of carbonyl (C=O) groups excluding carboxylic acids is 1. The average Bonchev–Trinajstić information content (AvgIpc) is 2.32. The van der Waals surface area contributed by atoms with Crippen LogP contribution in [-0.4, -0.2) is 31.5 Å². The molecule has 1 N–H and O–H groups in total. The van der Waals surface area contributed by atoms with Crippen LogP contribution in [-0.2, 0) is 16.1 Å². The van der Waals surface area contributed by atoms with Gasteiger partial charge < -0.3 is 14.6 Å². The van der Waals surface area contributed by atoms with E-state index in [1.165, 1.54) is 12.0 Å². The molecular weight excluding hydrogens is 210 g/mol. The van der Waals surface area contributed by atoms with Crippen LogP contribution in [0.2, 0.25) is 0 Å². The van der Waals surface area contributed by atoms with Crippen LogP contribution in [0.1, 0.15) is 5.56 Å². The van der Waals surface area contributed by atoms with Crippen molar-refractivity contribution in [2.75, 3.05) is 25.3 Å². The first-order chi connectivity index (χ1) is 7.76. The molecule has 5 heteroatoms. The fourth-order valence-corrected chi connectivity index (χ4v) is 1.62. The van der Waals surface area contributed by atoms with Gasteiger partial charge >= 0.3 is 0 Å². The lowest BCUT2D eigenvalue weighted by Gasteiger charge is -2.28. The van der Waals surface area contributed by atoms with E-state index in [9.17, 15) is 4.79 Å². The molecule has 0 spiro atoms. The first kappa shape index (κ1) is 10.9. The Hall–Kier alpha value is -1.59. The molecule has 0 aromatic heterocycles. The highest BCUT2D eigenvalue weighted by molar-refractivity contribution is 5.97. The van der Waals surface area contributed by atoms with Crippen molar-refractivity contribution in [2.24, 2.45) is 0 Å². The van der Waals surface area contributed by atoms with Gasteiger partial charge in [-0.3, -0.25) is 9.69 Å². The van der Waals surface area contributed by atoms with E-state index in [0.717, 1.165) is 5.56 Å². The van der Waals surface area contributed by atoms with Crippen LogP contribution in [0.5, 0.6) is 5.75 Å². The number of carbonyl (C=O) groups is 1. The molecule has 1 aromatic carbocycles. The van der Waals surface area contributed by atoms with Crippen LogP contribution in [0.4, 0.5) is 5.69 Å². The Morgan fingerprint density at radius 1 is 1.56 bits per heavy atom. The molecule has 0 unspecified atom stereocenters. The summed E-state index contributed by atoms with van der Waals surface area (Å²) in [5, 5.41) is 9.00. The van der Waals surface area contributed by atoms with E-state index < -0.39 is 0 Å². The predicted octanol–water partition coefficient (Wildman–Crippen LogP) is 0.508. The van der Waals surface area contributed by atoms with Crippen molar-refractivity contribution in [3.63, 3.8) is 0 Å². The number of benzene rings is 1. The topological polar surface area (TPSA) is 59.0 Å². The highest BCUT2D eigenvalue weighted by atomic mass is 16.5. The summed E-state index contributed by atoms with van der Waals surface area (Å²) in [5.74, 6) is 0.467. The lowest BCUT2D eigenvalue weighted by atomic mass is 10.1. The van der Waals surface area contributed by atoms with Gasteiger partial charge in [-0.1, -0.05) is 6.07 Å². The lowest BCUT2D eigenvalue weighted by Crippen LogP contribution is -2.39. The molecule has 1 aliphatic heterocycles. The smallest absolute Gasteiger partial charge is 0.266 e. The number of fused-ring (bicyclic) bond motifs is 1. The Balaban J connectivity index is 2.36. The molecule has 5 nitrogen and oxygen atoms in total. The maximum absolute atomic E-state index is 11.6. The number of aliphatic hydroxyl groups is 1. The predicted molar refractivity (Wildman–Crippen MR) is 57.2 cm³/mol. The maximum atomic E-state index is 11.6. The summed E-state index contributed by atoms with van der Waals surface area (Å²) in [6.45, 7) is 0.160. The SMILES string of the molecule is COCN1C(=O)COc2cc(CO)ccc21. The molecule has 1 aromatic rings. The van der Waals surface area contributed by atoms with E-state index in [-0.39, 0.29) is 25.9 Å². The normalized spacial score (nSPS) is 14.6. The molecule has 0 atom stereocenters. The Kier molecular flexibility index (Phi) is 3.07. The number of rotatable bonds is 3. The number of ether oxygens (including phenoxy) is 2. The van der Waals surface area contributed by atoms with E-state index in [1.54, 1.807) is 18.2 Å². The minimum Gasteiger partial charge on any atom is -0.482 e. The number of nitrogens with zero attached hydrogens (tertiary/aromatic N) is 1. The zero-order valence-electron chi connectivity index (χ0n) is 8.97. The van der Waals surface area contributed by atoms with Gasteiger partial charge in [0.2, 0.25) is 0 Å². The monoisotopic (exact) mass is 223 g/mol. The third-order valence-corrected chi connectivity index (χ3v) is 2.41. The molecule has 0 radical (unpaired) electrons. The van der Waals surface area contributed by atoms with E-state index in [2.05, 4.69) is 0 Å².